The molecule has 0 radical (unpaired) electrons. The van der Waals surface area contributed by atoms with E-state index in [9.17, 15) is 0 Å². The minimum absolute atomic E-state index is 0.0545. The van der Waals surface area contributed by atoms with Crippen molar-refractivity contribution in [1.29, 1.82) is 0 Å². The fourth-order valence-corrected chi connectivity index (χ4v) is 1.31. The molecule has 15 heavy (non-hydrogen) atoms. The highest BCUT2D eigenvalue weighted by atomic mass is 35.5. The van der Waals surface area contributed by atoms with Gasteiger partial charge in [-0.25, -0.2) is 4.98 Å². The van der Waals surface area contributed by atoms with Crippen LogP contribution in [0.25, 0.3) is 0 Å². The van der Waals surface area contributed by atoms with Crippen LogP contribution in [0.1, 0.15) is 0 Å². The van der Waals surface area contributed by atoms with Gasteiger partial charge in [0.2, 0.25) is 5.28 Å². The van der Waals surface area contributed by atoms with Crippen molar-refractivity contribution >= 4 is 23.1 Å². The first kappa shape index (κ1) is 12.0. The molecule has 1 aromatic rings. The van der Waals surface area contributed by atoms with E-state index in [0.29, 0.717) is 24.6 Å². The summed E-state index contributed by atoms with van der Waals surface area (Å²) in [6.07, 6.45) is 1.40. The molecule has 1 aromatic heterocycles. The van der Waals surface area contributed by atoms with Gasteiger partial charge in [0, 0.05) is 13.1 Å². The Morgan fingerprint density at radius 3 is 2.47 bits per heavy atom. The van der Waals surface area contributed by atoms with Crippen LogP contribution in [0.2, 0.25) is 5.28 Å². The Morgan fingerprint density at radius 2 is 1.93 bits per heavy atom. The zero-order valence-electron chi connectivity index (χ0n) is 8.10. The quantitative estimate of drug-likeness (QED) is 0.593. The summed E-state index contributed by atoms with van der Waals surface area (Å²) in [6, 6.07) is 0. The molecule has 7 heteroatoms. The Kier molecular flexibility index (Phi) is 4.54. The smallest absolute Gasteiger partial charge is 0.224 e. The second-order valence-corrected chi connectivity index (χ2v) is 3.19. The van der Waals surface area contributed by atoms with Crippen LogP contribution in [0.5, 0.6) is 0 Å². The lowest BCUT2D eigenvalue weighted by Crippen LogP contribution is -2.31. The van der Waals surface area contributed by atoms with Gasteiger partial charge in [-0.2, -0.15) is 4.98 Å². The number of aromatic nitrogens is 2. The molecule has 0 amide bonds. The van der Waals surface area contributed by atoms with Gasteiger partial charge >= 0.3 is 0 Å². The van der Waals surface area contributed by atoms with E-state index >= 15 is 0 Å². The summed E-state index contributed by atoms with van der Waals surface area (Å²) in [6.45, 7) is 0.554. The molecule has 0 fully saturated rings. The van der Waals surface area contributed by atoms with Crippen LogP contribution in [-0.2, 0) is 0 Å². The Morgan fingerprint density at radius 1 is 1.33 bits per heavy atom. The molecule has 0 unspecified atom stereocenters. The van der Waals surface area contributed by atoms with Crippen molar-refractivity contribution in [3.8, 4) is 0 Å². The van der Waals surface area contributed by atoms with E-state index in [1.165, 1.54) is 6.20 Å². The Balaban J connectivity index is 2.93. The van der Waals surface area contributed by atoms with Gasteiger partial charge in [0.25, 0.3) is 0 Å². The summed E-state index contributed by atoms with van der Waals surface area (Å²) in [5.74, 6) is 0.429. The van der Waals surface area contributed by atoms with Gasteiger partial charge in [-0.15, -0.1) is 0 Å². The lowest BCUT2D eigenvalue weighted by molar-refractivity contribution is 0.280. The minimum Gasteiger partial charge on any atom is -0.395 e. The third kappa shape index (κ3) is 3.19. The maximum absolute atomic E-state index is 8.84. The summed E-state index contributed by atoms with van der Waals surface area (Å²) in [5.41, 5.74) is 6.02. The highest BCUT2D eigenvalue weighted by Crippen LogP contribution is 2.20. The molecule has 0 atom stereocenters. The standard InChI is InChI=1S/C8H13ClN4O2/c9-8-11-5-6(10)7(12-8)13(1-3-14)2-4-15/h5,14-15H,1-4,10H2. The van der Waals surface area contributed by atoms with Crippen LogP contribution >= 0.6 is 11.6 Å². The van der Waals surface area contributed by atoms with E-state index in [1.807, 2.05) is 0 Å². The number of halogens is 1. The number of aliphatic hydroxyl groups excluding tert-OH is 2. The second kappa shape index (κ2) is 5.69. The van der Waals surface area contributed by atoms with Crippen molar-refractivity contribution in [2.75, 3.05) is 36.9 Å². The SMILES string of the molecule is Nc1cnc(Cl)nc1N(CCO)CCO. The first-order valence-electron chi connectivity index (χ1n) is 4.43. The van der Waals surface area contributed by atoms with Crippen LogP contribution in [0, 0.1) is 0 Å². The molecule has 0 bridgehead atoms. The average Bonchev–Trinajstić information content (AvgIpc) is 2.21. The zero-order chi connectivity index (χ0) is 11.3. The first-order chi connectivity index (χ1) is 7.19. The third-order valence-corrected chi connectivity index (χ3v) is 1.99. The van der Waals surface area contributed by atoms with Gasteiger partial charge in [-0.1, -0.05) is 0 Å². The van der Waals surface area contributed by atoms with E-state index in [1.54, 1.807) is 4.90 Å². The second-order valence-electron chi connectivity index (χ2n) is 2.85. The summed E-state index contributed by atoms with van der Waals surface area (Å²) >= 11 is 5.63. The molecule has 0 aliphatic rings. The van der Waals surface area contributed by atoms with E-state index in [-0.39, 0.29) is 18.5 Å². The number of nitrogens with two attached hydrogens (primary N) is 1. The summed E-state index contributed by atoms with van der Waals surface area (Å²) in [5, 5.41) is 17.8. The van der Waals surface area contributed by atoms with E-state index in [2.05, 4.69) is 9.97 Å². The minimum atomic E-state index is -0.0545. The van der Waals surface area contributed by atoms with Crippen molar-refractivity contribution in [3.05, 3.63) is 11.5 Å². The number of anilines is 2. The van der Waals surface area contributed by atoms with Gasteiger partial charge in [-0.3, -0.25) is 0 Å². The predicted octanol–water partition coefficient (Wildman–Crippen LogP) is -0.497. The van der Waals surface area contributed by atoms with Crippen molar-refractivity contribution < 1.29 is 10.2 Å². The van der Waals surface area contributed by atoms with Gasteiger partial charge in [0.15, 0.2) is 5.82 Å². The Bertz CT molecular complexity index is 318. The van der Waals surface area contributed by atoms with E-state index in [0.717, 1.165) is 0 Å². The molecule has 6 nitrogen and oxygen atoms in total. The average molecular weight is 233 g/mol. The molecule has 1 rings (SSSR count). The molecule has 84 valence electrons. The summed E-state index contributed by atoms with van der Waals surface area (Å²) in [4.78, 5) is 9.30. The van der Waals surface area contributed by atoms with Crippen LogP contribution in [-0.4, -0.2) is 46.5 Å². The fraction of sp³-hybridized carbons (Fsp3) is 0.500. The lowest BCUT2D eigenvalue weighted by atomic mass is 10.4. The molecule has 0 saturated heterocycles. The molecule has 0 aromatic carbocycles. The molecule has 0 spiro atoms. The Labute approximate surface area is 92.3 Å². The van der Waals surface area contributed by atoms with Gasteiger partial charge in [0.1, 0.15) is 0 Å². The van der Waals surface area contributed by atoms with Crippen LogP contribution in [0.3, 0.4) is 0 Å². The van der Waals surface area contributed by atoms with Crippen molar-refractivity contribution in [2.45, 2.75) is 0 Å². The number of rotatable bonds is 5. The number of aliphatic hydroxyl groups is 2. The highest BCUT2D eigenvalue weighted by molar-refractivity contribution is 6.28. The van der Waals surface area contributed by atoms with Gasteiger partial charge < -0.3 is 20.8 Å². The Hall–Kier alpha value is -1.11. The molecule has 0 aliphatic carbocycles. The number of hydrogen-bond donors (Lipinski definition) is 3. The van der Waals surface area contributed by atoms with Crippen molar-refractivity contribution in [2.24, 2.45) is 0 Å². The van der Waals surface area contributed by atoms with Gasteiger partial charge in [0.05, 0.1) is 25.1 Å². The fourth-order valence-electron chi connectivity index (χ4n) is 1.18. The molecular formula is C8H13ClN4O2. The monoisotopic (exact) mass is 232 g/mol. The highest BCUT2D eigenvalue weighted by Gasteiger charge is 2.11. The maximum atomic E-state index is 8.84. The third-order valence-electron chi connectivity index (χ3n) is 1.81. The predicted molar refractivity (Wildman–Crippen MR) is 57.8 cm³/mol. The van der Waals surface area contributed by atoms with Crippen LogP contribution in [0.15, 0.2) is 6.20 Å². The zero-order valence-corrected chi connectivity index (χ0v) is 8.85. The molecule has 4 N–H and O–H groups in total. The van der Waals surface area contributed by atoms with E-state index in [4.69, 9.17) is 27.5 Å². The summed E-state index contributed by atoms with van der Waals surface area (Å²) in [7, 11) is 0. The lowest BCUT2D eigenvalue weighted by Gasteiger charge is -2.22. The normalized spacial score (nSPS) is 10.3. The number of hydrogen-bond acceptors (Lipinski definition) is 6. The largest absolute Gasteiger partial charge is 0.395 e. The molecule has 1 heterocycles. The maximum Gasteiger partial charge on any atom is 0.224 e. The van der Waals surface area contributed by atoms with Crippen LogP contribution < -0.4 is 10.6 Å². The van der Waals surface area contributed by atoms with Crippen LogP contribution in [0.4, 0.5) is 11.5 Å². The number of nitrogens with zero attached hydrogens (tertiary/aromatic N) is 3. The molecular weight excluding hydrogens is 220 g/mol. The summed E-state index contributed by atoms with van der Waals surface area (Å²) < 4.78 is 0. The topological polar surface area (TPSA) is 95.5 Å². The van der Waals surface area contributed by atoms with Crippen molar-refractivity contribution in [3.63, 3.8) is 0 Å². The number of nitrogen functional groups attached to an aromatic ring is 1. The molecule has 0 saturated carbocycles. The first-order valence-corrected chi connectivity index (χ1v) is 4.81. The molecule has 0 aliphatic heterocycles. The van der Waals surface area contributed by atoms with Gasteiger partial charge in [-0.05, 0) is 11.6 Å². The van der Waals surface area contributed by atoms with Crippen molar-refractivity contribution in [1.82, 2.24) is 9.97 Å². The van der Waals surface area contributed by atoms with E-state index < -0.39 is 0 Å².